The SMILES string of the molecule is CN1C2CCC1CC(n1cc3cncnc3cc1=O)C2. The molecule has 0 spiro atoms. The highest BCUT2D eigenvalue weighted by Gasteiger charge is 2.39. The molecule has 0 saturated carbocycles. The van der Waals surface area contributed by atoms with Crippen LogP contribution in [0.1, 0.15) is 31.7 Å². The summed E-state index contributed by atoms with van der Waals surface area (Å²) in [5.41, 5.74) is 0.794. The Morgan fingerprint density at radius 1 is 1.20 bits per heavy atom. The highest BCUT2D eigenvalue weighted by Crippen LogP contribution is 2.39. The molecule has 0 aromatic carbocycles. The summed E-state index contributed by atoms with van der Waals surface area (Å²) in [4.78, 5) is 23.0. The van der Waals surface area contributed by atoms with E-state index in [1.807, 2.05) is 10.8 Å². The molecule has 5 nitrogen and oxygen atoms in total. The van der Waals surface area contributed by atoms with Gasteiger partial charge in [0.15, 0.2) is 0 Å². The molecule has 0 radical (unpaired) electrons. The van der Waals surface area contributed by atoms with Gasteiger partial charge in [-0.15, -0.1) is 0 Å². The van der Waals surface area contributed by atoms with Crippen LogP contribution in [-0.2, 0) is 0 Å². The van der Waals surface area contributed by atoms with E-state index in [1.54, 1.807) is 12.3 Å². The smallest absolute Gasteiger partial charge is 0.252 e. The second-order valence-corrected chi connectivity index (χ2v) is 6.06. The molecule has 2 aromatic rings. The number of piperidine rings is 1. The van der Waals surface area contributed by atoms with Crippen molar-refractivity contribution in [1.29, 1.82) is 0 Å². The number of fused-ring (bicyclic) bond motifs is 3. The Balaban J connectivity index is 1.75. The predicted molar refractivity (Wildman–Crippen MR) is 76.6 cm³/mol. The van der Waals surface area contributed by atoms with Crippen LogP contribution in [0, 0.1) is 0 Å². The largest absolute Gasteiger partial charge is 0.312 e. The highest BCUT2D eigenvalue weighted by molar-refractivity contribution is 5.75. The summed E-state index contributed by atoms with van der Waals surface area (Å²) in [6, 6.07) is 3.22. The summed E-state index contributed by atoms with van der Waals surface area (Å²) in [7, 11) is 2.22. The third-order valence-corrected chi connectivity index (χ3v) is 5.03. The predicted octanol–water partition coefficient (Wildman–Crippen LogP) is 1.59. The van der Waals surface area contributed by atoms with E-state index in [-0.39, 0.29) is 5.56 Å². The summed E-state index contributed by atoms with van der Waals surface area (Å²) in [5, 5.41) is 0.943. The number of pyridine rings is 1. The van der Waals surface area contributed by atoms with Crippen LogP contribution in [0.5, 0.6) is 0 Å². The van der Waals surface area contributed by atoms with Crippen molar-refractivity contribution in [2.45, 2.75) is 43.8 Å². The van der Waals surface area contributed by atoms with Crippen molar-refractivity contribution in [2.24, 2.45) is 0 Å². The van der Waals surface area contributed by atoms with E-state index >= 15 is 0 Å². The zero-order chi connectivity index (χ0) is 13.7. The molecule has 20 heavy (non-hydrogen) atoms. The molecule has 4 heterocycles. The van der Waals surface area contributed by atoms with Crippen LogP contribution in [0.4, 0.5) is 0 Å². The second-order valence-electron chi connectivity index (χ2n) is 6.06. The van der Waals surface area contributed by atoms with Crippen LogP contribution in [-0.4, -0.2) is 38.6 Å². The lowest BCUT2D eigenvalue weighted by Gasteiger charge is -2.37. The van der Waals surface area contributed by atoms with Gasteiger partial charge in [0.05, 0.1) is 5.52 Å². The molecule has 2 bridgehead atoms. The first-order valence-corrected chi connectivity index (χ1v) is 7.26. The number of aromatic nitrogens is 3. The lowest BCUT2D eigenvalue weighted by Crippen LogP contribution is -2.42. The Morgan fingerprint density at radius 2 is 1.95 bits per heavy atom. The molecule has 2 aliphatic rings. The molecule has 2 saturated heterocycles. The molecule has 5 heteroatoms. The number of nitrogens with zero attached hydrogens (tertiary/aromatic N) is 4. The Morgan fingerprint density at radius 3 is 2.70 bits per heavy atom. The molecule has 2 aromatic heterocycles. The first-order chi connectivity index (χ1) is 9.72. The standard InChI is InChI=1S/C15H18N4O/c1-18-11-2-3-12(18)5-13(4-11)19-8-10-7-16-9-17-14(10)6-15(19)20/h6-9,11-13H,2-5H2,1H3. The van der Waals surface area contributed by atoms with Crippen LogP contribution in [0.3, 0.4) is 0 Å². The van der Waals surface area contributed by atoms with Gasteiger partial charge in [0.25, 0.3) is 5.56 Å². The van der Waals surface area contributed by atoms with Gasteiger partial charge in [0.2, 0.25) is 0 Å². The zero-order valence-electron chi connectivity index (χ0n) is 11.6. The van der Waals surface area contributed by atoms with E-state index in [2.05, 4.69) is 21.9 Å². The van der Waals surface area contributed by atoms with E-state index in [0.29, 0.717) is 18.1 Å². The van der Waals surface area contributed by atoms with Gasteiger partial charge < -0.3 is 9.47 Å². The van der Waals surface area contributed by atoms with Gasteiger partial charge in [0.1, 0.15) is 6.33 Å². The van der Waals surface area contributed by atoms with Crippen molar-refractivity contribution in [3.63, 3.8) is 0 Å². The minimum Gasteiger partial charge on any atom is -0.312 e. The molecule has 4 rings (SSSR count). The maximum atomic E-state index is 12.3. The minimum absolute atomic E-state index is 0.0603. The summed E-state index contributed by atoms with van der Waals surface area (Å²) in [6.45, 7) is 0. The Bertz CT molecular complexity index is 696. The molecule has 2 atom stereocenters. The van der Waals surface area contributed by atoms with E-state index < -0.39 is 0 Å². The van der Waals surface area contributed by atoms with Gasteiger partial charge in [-0.3, -0.25) is 4.79 Å². The van der Waals surface area contributed by atoms with Crippen LogP contribution in [0.25, 0.3) is 10.9 Å². The molecule has 0 N–H and O–H groups in total. The van der Waals surface area contributed by atoms with Crippen molar-refractivity contribution < 1.29 is 0 Å². The molecule has 104 valence electrons. The van der Waals surface area contributed by atoms with E-state index in [4.69, 9.17) is 0 Å². The summed E-state index contributed by atoms with van der Waals surface area (Å²) in [6.07, 6.45) is 9.89. The van der Waals surface area contributed by atoms with E-state index in [9.17, 15) is 4.79 Å². The lowest BCUT2D eigenvalue weighted by atomic mass is 9.97. The maximum absolute atomic E-state index is 12.3. The topological polar surface area (TPSA) is 51.0 Å². The Labute approximate surface area is 117 Å². The van der Waals surface area contributed by atoms with Crippen LogP contribution in [0.15, 0.2) is 29.6 Å². The van der Waals surface area contributed by atoms with Crippen molar-refractivity contribution in [3.05, 3.63) is 35.1 Å². The first-order valence-electron chi connectivity index (χ1n) is 7.26. The molecular weight excluding hydrogens is 252 g/mol. The van der Waals surface area contributed by atoms with Gasteiger partial charge in [-0.05, 0) is 32.7 Å². The molecule has 2 unspecified atom stereocenters. The van der Waals surface area contributed by atoms with Crippen molar-refractivity contribution in [3.8, 4) is 0 Å². The third kappa shape index (κ3) is 1.77. The number of rotatable bonds is 1. The molecule has 2 aliphatic heterocycles. The van der Waals surface area contributed by atoms with Gasteiger partial charge in [-0.25, -0.2) is 9.97 Å². The average molecular weight is 270 g/mol. The quantitative estimate of drug-likeness (QED) is 0.789. The van der Waals surface area contributed by atoms with Gasteiger partial charge >= 0.3 is 0 Å². The van der Waals surface area contributed by atoms with Crippen LogP contribution >= 0.6 is 0 Å². The molecular formula is C15H18N4O. The molecule has 0 amide bonds. The summed E-state index contributed by atoms with van der Waals surface area (Å²) in [5.74, 6) is 0. The number of hydrogen-bond acceptors (Lipinski definition) is 4. The Kier molecular flexibility index (Phi) is 2.63. The monoisotopic (exact) mass is 270 g/mol. The average Bonchev–Trinajstić information content (AvgIpc) is 2.68. The molecule has 0 aliphatic carbocycles. The van der Waals surface area contributed by atoms with Gasteiger partial charge in [-0.2, -0.15) is 0 Å². The second kappa shape index (κ2) is 4.38. The zero-order valence-corrected chi connectivity index (χ0v) is 11.6. The minimum atomic E-state index is 0.0603. The van der Waals surface area contributed by atoms with E-state index in [1.165, 1.54) is 19.2 Å². The first kappa shape index (κ1) is 12.0. The van der Waals surface area contributed by atoms with Crippen molar-refractivity contribution >= 4 is 10.9 Å². The number of hydrogen-bond donors (Lipinski definition) is 0. The van der Waals surface area contributed by atoms with E-state index in [0.717, 1.165) is 23.7 Å². The summed E-state index contributed by atoms with van der Waals surface area (Å²) >= 11 is 0. The van der Waals surface area contributed by atoms with Crippen molar-refractivity contribution in [2.75, 3.05) is 7.05 Å². The molecule has 2 fully saturated rings. The fraction of sp³-hybridized carbons (Fsp3) is 0.533. The maximum Gasteiger partial charge on any atom is 0.252 e. The lowest BCUT2D eigenvalue weighted by molar-refractivity contribution is 0.136. The fourth-order valence-corrected chi connectivity index (χ4v) is 3.87. The Hall–Kier alpha value is -1.75. The van der Waals surface area contributed by atoms with Crippen LogP contribution < -0.4 is 5.56 Å². The fourth-order valence-electron chi connectivity index (χ4n) is 3.87. The highest BCUT2D eigenvalue weighted by atomic mass is 16.1. The van der Waals surface area contributed by atoms with Crippen LogP contribution in [0.2, 0.25) is 0 Å². The summed E-state index contributed by atoms with van der Waals surface area (Å²) < 4.78 is 1.91. The van der Waals surface area contributed by atoms with Gasteiger partial charge in [0, 0.05) is 42.0 Å². The van der Waals surface area contributed by atoms with Gasteiger partial charge in [-0.1, -0.05) is 0 Å². The third-order valence-electron chi connectivity index (χ3n) is 5.03. The normalized spacial score (nSPS) is 29.9. The van der Waals surface area contributed by atoms with Crippen molar-refractivity contribution in [1.82, 2.24) is 19.4 Å².